The molecule has 0 radical (unpaired) electrons. The number of rotatable bonds is 2. The Labute approximate surface area is 123 Å². The quantitative estimate of drug-likeness (QED) is 0.688. The third kappa shape index (κ3) is 2.85. The minimum Gasteiger partial charge on any atom is -0.332 e. The van der Waals surface area contributed by atoms with E-state index in [-0.39, 0.29) is 5.56 Å². The lowest BCUT2D eigenvalue weighted by Crippen LogP contribution is -2.08. The van der Waals surface area contributed by atoms with Gasteiger partial charge in [0.05, 0.1) is 15.8 Å². The molecule has 0 atom stereocenters. The summed E-state index contributed by atoms with van der Waals surface area (Å²) in [7, 11) is 0. The highest BCUT2D eigenvalue weighted by atomic mass is 32.1. The number of aryl methyl sites for hydroxylation is 1. The van der Waals surface area contributed by atoms with E-state index in [0.29, 0.717) is 10.8 Å². The summed E-state index contributed by atoms with van der Waals surface area (Å²) < 4.78 is 39.7. The summed E-state index contributed by atoms with van der Waals surface area (Å²) in [6, 6.07) is 11.8. The molecule has 2 nitrogen and oxygen atoms in total. The van der Waals surface area contributed by atoms with Gasteiger partial charge in [0.15, 0.2) is 5.13 Å². The molecule has 0 saturated carbocycles. The van der Waals surface area contributed by atoms with E-state index in [1.165, 1.54) is 24.3 Å². The van der Waals surface area contributed by atoms with Crippen molar-refractivity contribution in [1.82, 2.24) is 4.98 Å². The zero-order valence-corrected chi connectivity index (χ0v) is 11.8. The summed E-state index contributed by atoms with van der Waals surface area (Å²) in [5.41, 5.74) is 0.783. The van der Waals surface area contributed by atoms with Crippen LogP contribution in [0, 0.1) is 6.92 Å². The molecule has 3 aromatic rings. The highest BCUT2D eigenvalue weighted by Crippen LogP contribution is 2.35. The van der Waals surface area contributed by atoms with E-state index in [2.05, 4.69) is 10.3 Å². The Hall–Kier alpha value is -2.08. The van der Waals surface area contributed by atoms with Gasteiger partial charge in [-0.15, -0.1) is 0 Å². The van der Waals surface area contributed by atoms with Crippen molar-refractivity contribution in [3.8, 4) is 0 Å². The Balaban J connectivity index is 1.94. The summed E-state index contributed by atoms with van der Waals surface area (Å²) >= 11 is 1.41. The van der Waals surface area contributed by atoms with E-state index in [0.717, 1.165) is 16.3 Å². The Kier molecular flexibility index (Phi) is 3.33. The number of anilines is 2. The van der Waals surface area contributed by atoms with Crippen LogP contribution in [0.2, 0.25) is 0 Å². The number of fused-ring (bicyclic) bond motifs is 1. The number of alkyl halides is 3. The molecule has 0 aliphatic heterocycles. The normalized spacial score (nSPS) is 11.8. The van der Waals surface area contributed by atoms with Gasteiger partial charge in [-0.25, -0.2) is 4.98 Å². The smallest absolute Gasteiger partial charge is 0.332 e. The number of nitrogens with zero attached hydrogens (tertiary/aromatic N) is 1. The van der Waals surface area contributed by atoms with Crippen LogP contribution < -0.4 is 5.32 Å². The lowest BCUT2D eigenvalue weighted by Gasteiger charge is -2.12. The van der Waals surface area contributed by atoms with Crippen molar-refractivity contribution in [3.63, 3.8) is 0 Å². The minimum absolute atomic E-state index is 0.206. The van der Waals surface area contributed by atoms with Gasteiger partial charge >= 0.3 is 6.18 Å². The molecule has 0 saturated heterocycles. The molecular weight excluding hydrogens is 297 g/mol. The standard InChI is InChI=1S/C15H11F3N2S/c1-9-6-7-10(8-11(9)15(16,17)18)19-14-20-12-4-2-3-5-13(12)21-14/h2-8H,1H3,(H,19,20). The summed E-state index contributed by atoms with van der Waals surface area (Å²) in [6.45, 7) is 1.45. The number of nitrogens with one attached hydrogen (secondary N) is 1. The van der Waals surface area contributed by atoms with E-state index in [1.54, 1.807) is 6.07 Å². The molecule has 108 valence electrons. The predicted octanol–water partition coefficient (Wildman–Crippen LogP) is 5.37. The molecule has 21 heavy (non-hydrogen) atoms. The van der Waals surface area contributed by atoms with Crippen molar-refractivity contribution >= 4 is 32.4 Å². The second-order valence-corrected chi connectivity index (χ2v) is 5.67. The fourth-order valence-corrected chi connectivity index (χ4v) is 2.94. The third-order valence-electron chi connectivity index (χ3n) is 3.09. The zero-order valence-electron chi connectivity index (χ0n) is 11.0. The minimum atomic E-state index is -4.35. The average molecular weight is 308 g/mol. The number of benzene rings is 2. The van der Waals surface area contributed by atoms with Crippen molar-refractivity contribution in [2.75, 3.05) is 5.32 Å². The molecule has 0 aliphatic rings. The molecule has 1 heterocycles. The number of para-hydroxylation sites is 1. The molecule has 0 amide bonds. The van der Waals surface area contributed by atoms with Crippen LogP contribution in [-0.2, 0) is 6.18 Å². The lowest BCUT2D eigenvalue weighted by molar-refractivity contribution is -0.138. The first-order chi connectivity index (χ1) is 9.93. The van der Waals surface area contributed by atoms with Crippen LogP contribution in [-0.4, -0.2) is 4.98 Å². The number of hydrogen-bond acceptors (Lipinski definition) is 3. The number of halogens is 3. The second-order valence-electron chi connectivity index (χ2n) is 4.64. The van der Waals surface area contributed by atoms with E-state index < -0.39 is 11.7 Å². The molecule has 1 N–H and O–H groups in total. The highest BCUT2D eigenvalue weighted by Gasteiger charge is 2.32. The van der Waals surface area contributed by atoms with Gasteiger partial charge in [0.1, 0.15) is 0 Å². The van der Waals surface area contributed by atoms with Gasteiger partial charge in [-0.3, -0.25) is 0 Å². The molecule has 0 aliphatic carbocycles. The molecule has 0 spiro atoms. The predicted molar refractivity (Wildman–Crippen MR) is 79.1 cm³/mol. The fraction of sp³-hybridized carbons (Fsp3) is 0.133. The third-order valence-corrected chi connectivity index (χ3v) is 4.04. The van der Waals surface area contributed by atoms with Gasteiger partial charge in [0.2, 0.25) is 0 Å². The molecule has 3 rings (SSSR count). The Bertz CT molecular complexity index is 760. The molecule has 2 aromatic carbocycles. The van der Waals surface area contributed by atoms with Gasteiger partial charge < -0.3 is 5.32 Å². The summed E-state index contributed by atoms with van der Waals surface area (Å²) in [5.74, 6) is 0. The molecule has 6 heteroatoms. The Morgan fingerprint density at radius 3 is 2.57 bits per heavy atom. The first kappa shape index (κ1) is 13.9. The zero-order chi connectivity index (χ0) is 15.0. The van der Waals surface area contributed by atoms with Crippen molar-refractivity contribution in [3.05, 3.63) is 53.6 Å². The molecule has 0 unspecified atom stereocenters. The highest BCUT2D eigenvalue weighted by molar-refractivity contribution is 7.22. The number of hydrogen-bond donors (Lipinski definition) is 1. The number of aromatic nitrogens is 1. The first-order valence-corrected chi connectivity index (χ1v) is 7.05. The van der Waals surface area contributed by atoms with Crippen LogP contribution in [0.1, 0.15) is 11.1 Å². The van der Waals surface area contributed by atoms with Crippen LogP contribution in [0.3, 0.4) is 0 Å². The molecule has 1 aromatic heterocycles. The molecular formula is C15H11F3N2S. The van der Waals surface area contributed by atoms with Crippen LogP contribution in [0.4, 0.5) is 24.0 Å². The van der Waals surface area contributed by atoms with Crippen LogP contribution in [0.15, 0.2) is 42.5 Å². The van der Waals surface area contributed by atoms with Gasteiger partial charge in [0.25, 0.3) is 0 Å². The van der Waals surface area contributed by atoms with Crippen molar-refractivity contribution in [1.29, 1.82) is 0 Å². The van der Waals surface area contributed by atoms with Gasteiger partial charge in [-0.1, -0.05) is 29.5 Å². The maximum Gasteiger partial charge on any atom is 0.416 e. The summed E-state index contributed by atoms with van der Waals surface area (Å²) in [5, 5.41) is 3.52. The molecule has 0 fully saturated rings. The Morgan fingerprint density at radius 1 is 1.10 bits per heavy atom. The van der Waals surface area contributed by atoms with Crippen molar-refractivity contribution in [2.24, 2.45) is 0 Å². The largest absolute Gasteiger partial charge is 0.416 e. The van der Waals surface area contributed by atoms with Crippen molar-refractivity contribution < 1.29 is 13.2 Å². The van der Waals surface area contributed by atoms with Gasteiger partial charge in [0, 0.05) is 5.69 Å². The fourth-order valence-electron chi connectivity index (χ4n) is 2.05. The Morgan fingerprint density at radius 2 is 1.86 bits per heavy atom. The van der Waals surface area contributed by atoms with Crippen LogP contribution in [0.25, 0.3) is 10.2 Å². The lowest BCUT2D eigenvalue weighted by atomic mass is 10.1. The topological polar surface area (TPSA) is 24.9 Å². The SMILES string of the molecule is Cc1ccc(Nc2nc3ccccc3s2)cc1C(F)(F)F. The van der Waals surface area contributed by atoms with E-state index >= 15 is 0 Å². The van der Waals surface area contributed by atoms with Crippen LogP contribution >= 0.6 is 11.3 Å². The maximum absolute atomic E-state index is 12.9. The van der Waals surface area contributed by atoms with Gasteiger partial charge in [-0.05, 0) is 36.8 Å². The number of thiazole rings is 1. The monoisotopic (exact) mass is 308 g/mol. The van der Waals surface area contributed by atoms with E-state index in [4.69, 9.17) is 0 Å². The maximum atomic E-state index is 12.9. The summed E-state index contributed by atoms with van der Waals surface area (Å²) in [6.07, 6.45) is -4.35. The molecule has 0 bridgehead atoms. The van der Waals surface area contributed by atoms with Gasteiger partial charge in [-0.2, -0.15) is 13.2 Å². The van der Waals surface area contributed by atoms with E-state index in [9.17, 15) is 13.2 Å². The average Bonchev–Trinajstić information content (AvgIpc) is 2.82. The van der Waals surface area contributed by atoms with Crippen molar-refractivity contribution in [2.45, 2.75) is 13.1 Å². The summed E-state index contributed by atoms with van der Waals surface area (Å²) in [4.78, 5) is 4.35. The van der Waals surface area contributed by atoms with E-state index in [1.807, 2.05) is 24.3 Å². The second kappa shape index (κ2) is 5.04. The first-order valence-electron chi connectivity index (χ1n) is 6.24. The van der Waals surface area contributed by atoms with Crippen LogP contribution in [0.5, 0.6) is 0 Å².